The Morgan fingerprint density at radius 1 is 1.12 bits per heavy atom. The predicted octanol–water partition coefficient (Wildman–Crippen LogP) is 2.56. The van der Waals surface area contributed by atoms with Gasteiger partial charge in [-0.1, -0.05) is 18.2 Å². The van der Waals surface area contributed by atoms with E-state index in [9.17, 15) is 4.79 Å². The summed E-state index contributed by atoms with van der Waals surface area (Å²) >= 11 is 0. The molecule has 4 rings (SSSR count). The third-order valence-electron chi connectivity index (χ3n) is 4.12. The number of para-hydroxylation sites is 2. The molecule has 126 valence electrons. The molecule has 1 amide bonds. The lowest BCUT2D eigenvalue weighted by Gasteiger charge is -2.17. The summed E-state index contributed by atoms with van der Waals surface area (Å²) in [6.45, 7) is 0.647. The van der Waals surface area contributed by atoms with Crippen LogP contribution in [0.15, 0.2) is 48.7 Å². The van der Waals surface area contributed by atoms with Crippen LogP contribution < -0.4 is 9.47 Å². The molecular weight excluding hydrogens is 318 g/mol. The van der Waals surface area contributed by atoms with Crippen LogP contribution in [-0.2, 0) is 17.8 Å². The van der Waals surface area contributed by atoms with Crippen molar-refractivity contribution in [3.63, 3.8) is 0 Å². The molecule has 1 aliphatic heterocycles. The van der Waals surface area contributed by atoms with E-state index >= 15 is 0 Å². The maximum absolute atomic E-state index is 12.5. The van der Waals surface area contributed by atoms with Crippen LogP contribution in [0.25, 0.3) is 11.0 Å². The molecule has 1 aliphatic rings. The second-order valence-electron chi connectivity index (χ2n) is 5.96. The van der Waals surface area contributed by atoms with Crippen LogP contribution in [0.2, 0.25) is 0 Å². The lowest BCUT2D eigenvalue weighted by molar-refractivity contribution is -0.129. The number of rotatable bonds is 4. The molecule has 6 heteroatoms. The Morgan fingerprint density at radius 3 is 2.80 bits per heavy atom. The average molecular weight is 335 g/mol. The van der Waals surface area contributed by atoms with Crippen molar-refractivity contribution >= 4 is 16.9 Å². The lowest BCUT2D eigenvalue weighted by atomic mass is 10.1. The zero-order valence-corrected chi connectivity index (χ0v) is 13.8. The summed E-state index contributed by atoms with van der Waals surface area (Å²) in [7, 11) is 1.77. The summed E-state index contributed by atoms with van der Waals surface area (Å²) in [5.74, 6) is 1.41. The molecule has 6 nitrogen and oxygen atoms in total. The van der Waals surface area contributed by atoms with Gasteiger partial charge in [-0.25, -0.2) is 4.98 Å². The molecule has 0 aliphatic carbocycles. The second kappa shape index (κ2) is 6.39. The van der Waals surface area contributed by atoms with Gasteiger partial charge in [0.1, 0.15) is 0 Å². The minimum atomic E-state index is 0.00817. The summed E-state index contributed by atoms with van der Waals surface area (Å²) in [4.78, 5) is 23.1. The van der Waals surface area contributed by atoms with Gasteiger partial charge in [0.2, 0.25) is 12.7 Å². The van der Waals surface area contributed by atoms with Crippen LogP contribution in [0.4, 0.5) is 0 Å². The highest BCUT2D eigenvalue weighted by molar-refractivity contribution is 5.79. The molecule has 0 bridgehead atoms. The van der Waals surface area contributed by atoms with E-state index in [1.54, 1.807) is 18.1 Å². The third kappa shape index (κ3) is 3.24. The Hall–Kier alpha value is -3.15. The molecule has 2 heterocycles. The largest absolute Gasteiger partial charge is 0.454 e. The fourth-order valence-corrected chi connectivity index (χ4v) is 2.76. The Morgan fingerprint density at radius 2 is 1.92 bits per heavy atom. The fourth-order valence-electron chi connectivity index (χ4n) is 2.76. The molecule has 2 aromatic carbocycles. The smallest absolute Gasteiger partial charge is 0.231 e. The first kappa shape index (κ1) is 15.4. The Labute approximate surface area is 145 Å². The van der Waals surface area contributed by atoms with Gasteiger partial charge >= 0.3 is 0 Å². The first-order valence-corrected chi connectivity index (χ1v) is 8.02. The van der Waals surface area contributed by atoms with Gasteiger partial charge < -0.3 is 14.4 Å². The van der Waals surface area contributed by atoms with Crippen molar-refractivity contribution in [1.82, 2.24) is 14.9 Å². The number of amides is 1. The van der Waals surface area contributed by atoms with E-state index in [2.05, 4.69) is 9.97 Å². The van der Waals surface area contributed by atoms with Crippen molar-refractivity contribution in [2.45, 2.75) is 13.0 Å². The van der Waals surface area contributed by atoms with Crippen LogP contribution in [0.5, 0.6) is 11.5 Å². The quantitative estimate of drug-likeness (QED) is 0.733. The molecule has 0 N–H and O–H groups in total. The van der Waals surface area contributed by atoms with Crippen molar-refractivity contribution < 1.29 is 14.3 Å². The van der Waals surface area contributed by atoms with Crippen molar-refractivity contribution in [3.8, 4) is 11.5 Å². The van der Waals surface area contributed by atoms with Crippen LogP contribution in [-0.4, -0.2) is 34.6 Å². The molecule has 3 aromatic rings. The maximum Gasteiger partial charge on any atom is 0.231 e. The zero-order valence-electron chi connectivity index (χ0n) is 13.8. The van der Waals surface area contributed by atoms with Crippen LogP contribution in [0.3, 0.4) is 0 Å². The monoisotopic (exact) mass is 335 g/mol. The minimum Gasteiger partial charge on any atom is -0.454 e. The lowest BCUT2D eigenvalue weighted by Crippen LogP contribution is -2.28. The summed E-state index contributed by atoms with van der Waals surface area (Å²) < 4.78 is 10.6. The number of carbonyl (C=O) groups excluding carboxylic acids is 1. The number of likely N-dealkylation sites (N-methyl/N-ethyl adjacent to an activating group) is 1. The number of hydrogen-bond acceptors (Lipinski definition) is 5. The molecule has 0 saturated carbocycles. The summed E-state index contributed by atoms with van der Waals surface area (Å²) in [5, 5.41) is 0. The summed E-state index contributed by atoms with van der Waals surface area (Å²) in [5.41, 5.74) is 3.34. The highest BCUT2D eigenvalue weighted by Gasteiger charge is 2.16. The molecule has 0 fully saturated rings. The predicted molar refractivity (Wildman–Crippen MR) is 92.3 cm³/mol. The molecule has 0 atom stereocenters. The van der Waals surface area contributed by atoms with E-state index in [0.717, 1.165) is 28.0 Å². The number of nitrogens with zero attached hydrogens (tertiary/aromatic N) is 3. The third-order valence-corrected chi connectivity index (χ3v) is 4.12. The minimum absolute atomic E-state index is 0.00817. The first-order valence-electron chi connectivity index (χ1n) is 8.02. The molecule has 25 heavy (non-hydrogen) atoms. The molecule has 0 unspecified atom stereocenters. The Balaban J connectivity index is 1.44. The summed E-state index contributed by atoms with van der Waals surface area (Å²) in [6.07, 6.45) is 2.01. The molecule has 0 radical (unpaired) electrons. The number of fused-ring (bicyclic) bond motifs is 2. The highest BCUT2D eigenvalue weighted by atomic mass is 16.7. The standard InChI is InChI=1S/C19H17N3O3/c1-22(11-14-10-20-15-4-2-3-5-16(15)21-14)19(23)9-13-6-7-17-18(8-13)25-12-24-17/h2-8,10H,9,11-12H2,1H3. The van der Waals surface area contributed by atoms with Gasteiger partial charge in [-0.2, -0.15) is 0 Å². The second-order valence-corrected chi connectivity index (χ2v) is 5.96. The zero-order chi connectivity index (χ0) is 17.2. The van der Waals surface area contributed by atoms with Gasteiger partial charge in [-0.3, -0.25) is 9.78 Å². The fraction of sp³-hybridized carbons (Fsp3) is 0.211. The number of ether oxygens (including phenoxy) is 2. The Kier molecular flexibility index (Phi) is 3.93. The Bertz CT molecular complexity index is 942. The van der Waals surface area contributed by atoms with Crippen LogP contribution in [0, 0.1) is 0 Å². The molecule has 0 saturated heterocycles. The normalized spacial score (nSPS) is 12.4. The van der Waals surface area contributed by atoms with E-state index in [-0.39, 0.29) is 12.7 Å². The van der Waals surface area contributed by atoms with Gasteiger partial charge in [0.25, 0.3) is 0 Å². The van der Waals surface area contributed by atoms with Gasteiger partial charge in [-0.15, -0.1) is 0 Å². The van der Waals surface area contributed by atoms with Crippen molar-refractivity contribution in [2.75, 3.05) is 13.8 Å². The van der Waals surface area contributed by atoms with E-state index in [1.807, 2.05) is 42.5 Å². The van der Waals surface area contributed by atoms with Gasteiger partial charge in [0, 0.05) is 7.05 Å². The highest BCUT2D eigenvalue weighted by Crippen LogP contribution is 2.32. The number of aromatic nitrogens is 2. The number of hydrogen-bond donors (Lipinski definition) is 0. The van der Waals surface area contributed by atoms with Crippen molar-refractivity contribution in [2.24, 2.45) is 0 Å². The maximum atomic E-state index is 12.5. The topological polar surface area (TPSA) is 64.6 Å². The van der Waals surface area contributed by atoms with Gasteiger partial charge in [-0.05, 0) is 29.8 Å². The number of benzene rings is 2. The van der Waals surface area contributed by atoms with Crippen molar-refractivity contribution in [3.05, 3.63) is 59.9 Å². The van der Waals surface area contributed by atoms with E-state index in [0.29, 0.717) is 18.7 Å². The van der Waals surface area contributed by atoms with E-state index < -0.39 is 0 Å². The molecular formula is C19H17N3O3. The number of carbonyl (C=O) groups is 1. The first-order chi connectivity index (χ1) is 12.2. The van der Waals surface area contributed by atoms with Crippen molar-refractivity contribution in [1.29, 1.82) is 0 Å². The molecule has 0 spiro atoms. The van der Waals surface area contributed by atoms with Gasteiger partial charge in [0.05, 0.1) is 35.9 Å². The van der Waals surface area contributed by atoms with Gasteiger partial charge in [0.15, 0.2) is 11.5 Å². The average Bonchev–Trinajstić information content (AvgIpc) is 3.09. The van der Waals surface area contributed by atoms with E-state index in [1.165, 1.54) is 0 Å². The van der Waals surface area contributed by atoms with Crippen LogP contribution >= 0.6 is 0 Å². The SMILES string of the molecule is CN(Cc1cnc2ccccc2n1)C(=O)Cc1ccc2c(c1)OCO2. The van der Waals surface area contributed by atoms with Crippen LogP contribution in [0.1, 0.15) is 11.3 Å². The summed E-state index contributed by atoms with van der Waals surface area (Å²) in [6, 6.07) is 13.3. The van der Waals surface area contributed by atoms with E-state index in [4.69, 9.17) is 9.47 Å². The molecule has 1 aromatic heterocycles.